The molecule has 6 nitrogen and oxygen atoms in total. The molecular formula is C23H30N2O4S. The Bertz CT molecular complexity index is 971. The van der Waals surface area contributed by atoms with E-state index >= 15 is 0 Å². The minimum absolute atomic E-state index is 0.164. The molecule has 0 fully saturated rings. The second kappa shape index (κ2) is 10.1. The zero-order chi connectivity index (χ0) is 21.6. The fraction of sp³-hybridized carbons (Fsp3) is 0.435. The van der Waals surface area contributed by atoms with E-state index in [9.17, 15) is 13.2 Å². The highest BCUT2D eigenvalue weighted by Crippen LogP contribution is 2.25. The number of carbonyl (C=O) groups excluding carboxylic acids is 1. The second-order valence-electron chi connectivity index (χ2n) is 7.56. The normalized spacial score (nSPS) is 14.2. The number of amides is 1. The fourth-order valence-electron chi connectivity index (χ4n) is 3.47. The summed E-state index contributed by atoms with van der Waals surface area (Å²) >= 11 is 0. The predicted octanol–water partition coefficient (Wildman–Crippen LogP) is 4.22. The highest BCUT2D eigenvalue weighted by atomic mass is 32.2. The number of unbranched alkanes of at least 4 members (excludes halogenated alkanes) is 1. The average molecular weight is 431 g/mol. The Kier molecular flexibility index (Phi) is 7.50. The van der Waals surface area contributed by atoms with Gasteiger partial charge in [-0.1, -0.05) is 26.3 Å². The second-order valence-corrected chi connectivity index (χ2v) is 9.65. The quantitative estimate of drug-likeness (QED) is 0.605. The predicted molar refractivity (Wildman–Crippen MR) is 119 cm³/mol. The first kappa shape index (κ1) is 22.3. The molecule has 30 heavy (non-hydrogen) atoms. The van der Waals surface area contributed by atoms with Crippen LogP contribution in [-0.4, -0.2) is 37.5 Å². The molecule has 3 rings (SSSR count). The van der Waals surface area contributed by atoms with Gasteiger partial charge in [-0.2, -0.15) is 4.31 Å². The van der Waals surface area contributed by atoms with Gasteiger partial charge in [0.05, 0.1) is 12.4 Å². The first-order valence-electron chi connectivity index (χ1n) is 10.6. The summed E-state index contributed by atoms with van der Waals surface area (Å²) in [7, 11) is -3.23. The summed E-state index contributed by atoms with van der Waals surface area (Å²) in [5.74, 6) is 0.709. The van der Waals surface area contributed by atoms with Crippen LogP contribution >= 0.6 is 0 Å². The van der Waals surface area contributed by atoms with Crippen molar-refractivity contribution in [1.29, 1.82) is 0 Å². The van der Waals surface area contributed by atoms with Crippen LogP contribution in [0.5, 0.6) is 5.75 Å². The lowest BCUT2D eigenvalue weighted by molar-refractivity contribution is 0.102. The first-order chi connectivity index (χ1) is 14.4. The van der Waals surface area contributed by atoms with Crippen molar-refractivity contribution in [2.75, 3.05) is 24.2 Å². The van der Waals surface area contributed by atoms with Gasteiger partial charge >= 0.3 is 0 Å². The van der Waals surface area contributed by atoms with E-state index in [0.29, 0.717) is 43.8 Å². The monoisotopic (exact) mass is 430 g/mol. The number of anilines is 1. The van der Waals surface area contributed by atoms with Crippen molar-refractivity contribution in [1.82, 2.24) is 4.31 Å². The van der Waals surface area contributed by atoms with E-state index < -0.39 is 10.0 Å². The lowest BCUT2D eigenvalue weighted by Crippen LogP contribution is -2.37. The molecule has 0 saturated carbocycles. The summed E-state index contributed by atoms with van der Waals surface area (Å²) in [6, 6.07) is 12.8. The largest absolute Gasteiger partial charge is 0.494 e. The van der Waals surface area contributed by atoms with Gasteiger partial charge < -0.3 is 10.1 Å². The zero-order valence-corrected chi connectivity index (χ0v) is 18.5. The Morgan fingerprint density at radius 2 is 1.83 bits per heavy atom. The average Bonchev–Trinajstić information content (AvgIpc) is 2.74. The molecule has 162 valence electrons. The molecule has 0 unspecified atom stereocenters. The Morgan fingerprint density at radius 3 is 2.53 bits per heavy atom. The molecule has 1 amide bonds. The number of hydrogen-bond donors (Lipinski definition) is 1. The molecule has 2 aromatic carbocycles. The van der Waals surface area contributed by atoms with E-state index in [1.54, 1.807) is 28.6 Å². The van der Waals surface area contributed by atoms with Crippen molar-refractivity contribution < 1.29 is 17.9 Å². The third kappa shape index (κ3) is 5.61. The first-order valence-corrected chi connectivity index (χ1v) is 12.2. The molecule has 0 atom stereocenters. The Balaban J connectivity index is 1.66. The SMILES string of the molecule is CCCCOc1ccc(C(=O)Nc2ccc3c(c2)CN(S(=O)(=O)CCC)CC3)cc1. The van der Waals surface area contributed by atoms with Crippen LogP contribution < -0.4 is 10.1 Å². The number of fused-ring (bicyclic) bond motifs is 1. The van der Waals surface area contributed by atoms with Crippen LogP contribution in [0.3, 0.4) is 0 Å². The number of benzene rings is 2. The topological polar surface area (TPSA) is 75.7 Å². The lowest BCUT2D eigenvalue weighted by atomic mass is 10.0. The van der Waals surface area contributed by atoms with Crippen molar-refractivity contribution in [3.8, 4) is 5.75 Å². The maximum atomic E-state index is 12.6. The minimum atomic E-state index is -3.23. The molecular weight excluding hydrogens is 400 g/mol. The van der Waals surface area contributed by atoms with Crippen molar-refractivity contribution >= 4 is 21.6 Å². The van der Waals surface area contributed by atoms with E-state index in [1.165, 1.54) is 0 Å². The Hall–Kier alpha value is -2.38. The van der Waals surface area contributed by atoms with Crippen LogP contribution in [0.2, 0.25) is 0 Å². The maximum absolute atomic E-state index is 12.6. The Labute approximate surface area is 179 Å². The third-order valence-corrected chi connectivity index (χ3v) is 7.20. The zero-order valence-electron chi connectivity index (χ0n) is 17.7. The molecule has 0 aliphatic carbocycles. The van der Waals surface area contributed by atoms with Crippen LogP contribution in [-0.2, 0) is 23.0 Å². The molecule has 0 spiro atoms. The number of nitrogens with zero attached hydrogens (tertiary/aromatic N) is 1. The summed E-state index contributed by atoms with van der Waals surface area (Å²) in [5, 5.41) is 2.91. The van der Waals surface area contributed by atoms with E-state index in [2.05, 4.69) is 12.2 Å². The van der Waals surface area contributed by atoms with Gasteiger partial charge in [0.2, 0.25) is 10.0 Å². The van der Waals surface area contributed by atoms with Crippen molar-refractivity contribution in [2.45, 2.75) is 46.1 Å². The van der Waals surface area contributed by atoms with Gasteiger partial charge in [0.15, 0.2) is 0 Å². The summed E-state index contributed by atoms with van der Waals surface area (Å²) < 4.78 is 32.0. The van der Waals surface area contributed by atoms with Crippen molar-refractivity contribution in [3.63, 3.8) is 0 Å². The molecule has 1 aliphatic rings. The minimum Gasteiger partial charge on any atom is -0.494 e. The molecule has 1 N–H and O–H groups in total. The molecule has 7 heteroatoms. The number of nitrogens with one attached hydrogen (secondary N) is 1. The number of hydrogen-bond acceptors (Lipinski definition) is 4. The van der Waals surface area contributed by atoms with Crippen LogP contribution in [0.4, 0.5) is 5.69 Å². The van der Waals surface area contributed by atoms with E-state index in [-0.39, 0.29) is 11.7 Å². The molecule has 2 aromatic rings. The molecule has 0 radical (unpaired) electrons. The summed E-state index contributed by atoms with van der Waals surface area (Å²) in [4.78, 5) is 12.6. The third-order valence-electron chi connectivity index (χ3n) is 5.18. The number of sulfonamides is 1. The van der Waals surface area contributed by atoms with Crippen molar-refractivity contribution in [3.05, 3.63) is 59.2 Å². The highest BCUT2D eigenvalue weighted by molar-refractivity contribution is 7.89. The van der Waals surface area contributed by atoms with Crippen LogP contribution in [0.15, 0.2) is 42.5 Å². The van der Waals surface area contributed by atoms with Crippen LogP contribution in [0.1, 0.15) is 54.6 Å². The standard InChI is InChI=1S/C23H30N2O4S/c1-3-5-14-29-22-10-7-19(8-11-22)23(26)24-21-9-6-18-12-13-25(17-20(18)16-21)30(27,28)15-4-2/h6-11,16H,3-5,12-15,17H2,1-2H3,(H,24,26). The van der Waals surface area contributed by atoms with Crippen molar-refractivity contribution in [2.24, 2.45) is 0 Å². The summed E-state index contributed by atoms with van der Waals surface area (Å²) in [5.41, 5.74) is 3.28. The van der Waals surface area contributed by atoms with Gasteiger partial charge in [-0.3, -0.25) is 4.79 Å². The van der Waals surface area contributed by atoms with E-state index in [0.717, 1.165) is 29.7 Å². The molecule has 0 aromatic heterocycles. The van der Waals surface area contributed by atoms with Gasteiger partial charge in [-0.25, -0.2) is 8.42 Å². The van der Waals surface area contributed by atoms with Gasteiger partial charge in [-0.05, 0) is 66.8 Å². The van der Waals surface area contributed by atoms with E-state index in [1.807, 2.05) is 25.1 Å². The maximum Gasteiger partial charge on any atom is 0.255 e. The highest BCUT2D eigenvalue weighted by Gasteiger charge is 2.26. The molecule has 0 saturated heterocycles. The molecule has 0 bridgehead atoms. The van der Waals surface area contributed by atoms with Gasteiger partial charge in [0.25, 0.3) is 5.91 Å². The number of rotatable bonds is 9. The number of carbonyl (C=O) groups is 1. The smallest absolute Gasteiger partial charge is 0.255 e. The Morgan fingerprint density at radius 1 is 1.07 bits per heavy atom. The summed E-state index contributed by atoms with van der Waals surface area (Å²) in [6.45, 7) is 5.51. The van der Waals surface area contributed by atoms with Gasteiger partial charge in [0.1, 0.15) is 5.75 Å². The van der Waals surface area contributed by atoms with E-state index in [4.69, 9.17) is 4.74 Å². The number of ether oxygens (including phenoxy) is 1. The molecule has 1 heterocycles. The van der Waals surface area contributed by atoms with Gasteiger partial charge in [0, 0.05) is 24.3 Å². The summed E-state index contributed by atoms with van der Waals surface area (Å²) in [6.07, 6.45) is 3.36. The molecule has 1 aliphatic heterocycles. The van der Waals surface area contributed by atoms with Gasteiger partial charge in [-0.15, -0.1) is 0 Å². The lowest BCUT2D eigenvalue weighted by Gasteiger charge is -2.28. The fourth-order valence-corrected chi connectivity index (χ4v) is 4.95. The van der Waals surface area contributed by atoms with Crippen LogP contribution in [0, 0.1) is 0 Å². The van der Waals surface area contributed by atoms with Crippen LogP contribution in [0.25, 0.3) is 0 Å².